The van der Waals surface area contributed by atoms with Gasteiger partial charge in [0.15, 0.2) is 11.6 Å². The van der Waals surface area contributed by atoms with Crippen LogP contribution in [-0.2, 0) is 0 Å². The van der Waals surface area contributed by atoms with Crippen LogP contribution in [-0.4, -0.2) is 21.6 Å². The van der Waals surface area contributed by atoms with Crippen LogP contribution in [0.2, 0.25) is 0 Å². The highest BCUT2D eigenvalue weighted by molar-refractivity contribution is 5.65. The Bertz CT molecular complexity index is 632. The first kappa shape index (κ1) is 11.4. The van der Waals surface area contributed by atoms with E-state index in [9.17, 15) is 5.11 Å². The second-order valence-electron chi connectivity index (χ2n) is 4.23. The summed E-state index contributed by atoms with van der Waals surface area (Å²) in [6, 6.07) is 6.87. The van der Waals surface area contributed by atoms with Gasteiger partial charge in [-0.25, -0.2) is 0 Å². The summed E-state index contributed by atoms with van der Waals surface area (Å²) in [6.07, 6.45) is -0.269. The van der Waals surface area contributed by atoms with Crippen molar-refractivity contribution in [3.63, 3.8) is 0 Å². The van der Waals surface area contributed by atoms with Crippen molar-refractivity contribution >= 4 is 17.6 Å². The molecule has 0 spiro atoms. The van der Waals surface area contributed by atoms with Crippen molar-refractivity contribution in [3.05, 3.63) is 29.8 Å². The highest BCUT2D eigenvalue weighted by Crippen LogP contribution is 2.37. The predicted octanol–water partition coefficient (Wildman–Crippen LogP) is 0.892. The van der Waals surface area contributed by atoms with E-state index in [0.717, 1.165) is 5.56 Å². The molecule has 0 aliphatic carbocycles. The Hall–Kier alpha value is -2.70. The van der Waals surface area contributed by atoms with Gasteiger partial charge in [-0.1, -0.05) is 12.1 Å². The predicted molar refractivity (Wildman–Crippen MR) is 70.8 cm³/mol. The summed E-state index contributed by atoms with van der Waals surface area (Å²) in [5.74, 6) is 1.35. The van der Waals surface area contributed by atoms with Crippen molar-refractivity contribution in [1.82, 2.24) is 9.97 Å². The molecule has 0 radical (unpaired) electrons. The zero-order valence-electron chi connectivity index (χ0n) is 10.00. The molecule has 1 aromatic heterocycles. The SMILES string of the molecule is Nc1nc(N)c2c(n1)NCC(c1cccc(O)c1)O2. The Morgan fingerprint density at radius 2 is 2.16 bits per heavy atom. The van der Waals surface area contributed by atoms with Crippen molar-refractivity contribution in [2.24, 2.45) is 0 Å². The Labute approximate surface area is 109 Å². The fourth-order valence-corrected chi connectivity index (χ4v) is 2.01. The number of aromatic hydroxyl groups is 1. The summed E-state index contributed by atoms with van der Waals surface area (Å²) >= 11 is 0. The summed E-state index contributed by atoms with van der Waals surface area (Å²) in [7, 11) is 0. The largest absolute Gasteiger partial charge is 0.508 e. The molecular weight excluding hydrogens is 246 g/mol. The van der Waals surface area contributed by atoms with Gasteiger partial charge in [0, 0.05) is 0 Å². The van der Waals surface area contributed by atoms with Crippen molar-refractivity contribution in [1.29, 1.82) is 0 Å². The van der Waals surface area contributed by atoms with Crippen LogP contribution in [0.25, 0.3) is 0 Å². The summed E-state index contributed by atoms with van der Waals surface area (Å²) in [6.45, 7) is 0.506. The number of fused-ring (bicyclic) bond motifs is 1. The van der Waals surface area contributed by atoms with Crippen molar-refractivity contribution in [2.75, 3.05) is 23.3 Å². The third-order valence-electron chi connectivity index (χ3n) is 2.87. The van der Waals surface area contributed by atoms with Crippen LogP contribution in [0.15, 0.2) is 24.3 Å². The number of rotatable bonds is 1. The van der Waals surface area contributed by atoms with E-state index in [4.69, 9.17) is 16.2 Å². The number of nitrogens with one attached hydrogen (secondary N) is 1. The van der Waals surface area contributed by atoms with Crippen LogP contribution in [0.3, 0.4) is 0 Å². The van der Waals surface area contributed by atoms with Gasteiger partial charge < -0.3 is 26.6 Å². The topological polar surface area (TPSA) is 119 Å². The van der Waals surface area contributed by atoms with Crippen LogP contribution in [0, 0.1) is 0 Å². The second-order valence-corrected chi connectivity index (χ2v) is 4.23. The smallest absolute Gasteiger partial charge is 0.224 e. The normalized spacial score (nSPS) is 17.2. The van der Waals surface area contributed by atoms with Crippen molar-refractivity contribution in [3.8, 4) is 11.5 Å². The molecule has 1 aromatic carbocycles. The summed E-state index contributed by atoms with van der Waals surface area (Å²) in [4.78, 5) is 7.88. The Morgan fingerprint density at radius 3 is 2.95 bits per heavy atom. The number of nitrogens with zero attached hydrogens (tertiary/aromatic N) is 2. The zero-order chi connectivity index (χ0) is 13.4. The highest BCUT2D eigenvalue weighted by atomic mass is 16.5. The molecule has 3 rings (SSSR count). The lowest BCUT2D eigenvalue weighted by Crippen LogP contribution is -2.25. The number of nitrogen functional groups attached to an aromatic ring is 2. The van der Waals surface area contributed by atoms with Crippen molar-refractivity contribution < 1.29 is 9.84 Å². The van der Waals surface area contributed by atoms with Gasteiger partial charge in [0.25, 0.3) is 0 Å². The molecule has 0 amide bonds. The maximum Gasteiger partial charge on any atom is 0.224 e. The molecule has 19 heavy (non-hydrogen) atoms. The lowest BCUT2D eigenvalue weighted by molar-refractivity contribution is 0.209. The minimum absolute atomic E-state index is 0.100. The van der Waals surface area contributed by atoms with E-state index in [1.807, 2.05) is 6.07 Å². The highest BCUT2D eigenvalue weighted by Gasteiger charge is 2.25. The number of hydrogen-bond donors (Lipinski definition) is 4. The second kappa shape index (κ2) is 4.20. The minimum atomic E-state index is -0.269. The first-order valence-electron chi connectivity index (χ1n) is 5.76. The molecule has 1 unspecified atom stereocenters. The lowest BCUT2D eigenvalue weighted by atomic mass is 10.1. The Morgan fingerprint density at radius 1 is 1.32 bits per heavy atom. The van der Waals surface area contributed by atoms with Gasteiger partial charge >= 0.3 is 0 Å². The maximum absolute atomic E-state index is 9.49. The molecule has 0 fully saturated rings. The van der Waals surface area contributed by atoms with E-state index in [0.29, 0.717) is 18.1 Å². The van der Waals surface area contributed by atoms with E-state index in [1.54, 1.807) is 18.2 Å². The molecule has 2 aromatic rings. The number of anilines is 3. The average molecular weight is 259 g/mol. The van der Waals surface area contributed by atoms with E-state index < -0.39 is 0 Å². The zero-order valence-corrected chi connectivity index (χ0v) is 10.00. The monoisotopic (exact) mass is 259 g/mol. The Kier molecular flexibility index (Phi) is 2.52. The molecule has 1 atom stereocenters. The first-order chi connectivity index (χ1) is 9.13. The molecule has 7 heteroatoms. The fraction of sp³-hybridized carbons (Fsp3) is 0.167. The first-order valence-corrected chi connectivity index (χ1v) is 5.76. The molecule has 0 saturated heterocycles. The average Bonchev–Trinajstić information content (AvgIpc) is 2.38. The molecule has 1 aliphatic heterocycles. The van der Waals surface area contributed by atoms with Gasteiger partial charge in [0.2, 0.25) is 11.7 Å². The van der Waals surface area contributed by atoms with E-state index in [1.165, 1.54) is 0 Å². The minimum Gasteiger partial charge on any atom is -0.508 e. The number of phenolic OH excluding ortho intramolecular Hbond substituents is 1. The summed E-state index contributed by atoms with van der Waals surface area (Å²) < 4.78 is 5.78. The molecular formula is C12H13N5O2. The van der Waals surface area contributed by atoms with Crippen molar-refractivity contribution in [2.45, 2.75) is 6.10 Å². The third kappa shape index (κ3) is 2.05. The number of benzene rings is 1. The van der Waals surface area contributed by atoms with Gasteiger partial charge in [0.05, 0.1) is 6.54 Å². The van der Waals surface area contributed by atoms with Gasteiger partial charge in [-0.2, -0.15) is 9.97 Å². The van der Waals surface area contributed by atoms with Crippen LogP contribution in [0.4, 0.5) is 17.6 Å². The Balaban J connectivity index is 1.94. The van der Waals surface area contributed by atoms with Crippen LogP contribution >= 0.6 is 0 Å². The van der Waals surface area contributed by atoms with Gasteiger partial charge in [0.1, 0.15) is 11.9 Å². The van der Waals surface area contributed by atoms with E-state index >= 15 is 0 Å². The van der Waals surface area contributed by atoms with Gasteiger partial charge in [-0.05, 0) is 17.7 Å². The number of hydrogen-bond acceptors (Lipinski definition) is 7. The maximum atomic E-state index is 9.49. The number of nitrogens with two attached hydrogens (primary N) is 2. The molecule has 1 aliphatic rings. The van der Waals surface area contributed by atoms with Gasteiger partial charge in [-0.15, -0.1) is 0 Å². The fourth-order valence-electron chi connectivity index (χ4n) is 2.01. The summed E-state index contributed by atoms with van der Waals surface area (Å²) in [5, 5.41) is 12.6. The van der Waals surface area contributed by atoms with E-state index in [-0.39, 0.29) is 23.6 Å². The van der Waals surface area contributed by atoms with Crippen LogP contribution < -0.4 is 21.5 Å². The molecule has 98 valence electrons. The number of ether oxygens (including phenoxy) is 1. The van der Waals surface area contributed by atoms with Gasteiger partial charge in [-0.3, -0.25) is 0 Å². The third-order valence-corrected chi connectivity index (χ3v) is 2.87. The van der Waals surface area contributed by atoms with Crippen LogP contribution in [0.1, 0.15) is 11.7 Å². The number of phenols is 1. The molecule has 6 N–H and O–H groups in total. The molecule has 0 saturated carbocycles. The summed E-state index contributed by atoms with van der Waals surface area (Å²) in [5.41, 5.74) is 12.1. The lowest BCUT2D eigenvalue weighted by Gasteiger charge is -2.27. The van der Waals surface area contributed by atoms with E-state index in [2.05, 4.69) is 15.3 Å². The van der Waals surface area contributed by atoms with Crippen LogP contribution in [0.5, 0.6) is 11.5 Å². The standard InChI is InChI=1S/C12H13N5O2/c13-10-9-11(17-12(14)16-10)15-5-8(19-9)6-2-1-3-7(18)4-6/h1-4,8,18H,5H2,(H5,13,14,15,16,17). The molecule has 0 bridgehead atoms. The molecule has 7 nitrogen and oxygen atoms in total. The number of aromatic nitrogens is 2. The molecule has 2 heterocycles. The quantitative estimate of drug-likeness (QED) is 0.600.